The summed E-state index contributed by atoms with van der Waals surface area (Å²) in [4.78, 5) is 0. The molecule has 1 fully saturated rings. The van der Waals surface area contributed by atoms with Gasteiger partial charge in [-0.25, -0.2) is 4.39 Å². The maximum Gasteiger partial charge on any atom is 0.124 e. The Hall–Kier alpha value is -0.600. The molecule has 0 spiro atoms. The molecule has 3 heteroatoms. The van der Waals surface area contributed by atoms with Gasteiger partial charge in [-0.05, 0) is 36.6 Å². The lowest BCUT2D eigenvalue weighted by molar-refractivity contribution is 0.486. The molecule has 0 aliphatic heterocycles. The summed E-state index contributed by atoms with van der Waals surface area (Å²) >= 11 is 6.08. The molecular formula is C13H17ClFN. The number of hydrogen-bond acceptors (Lipinski definition) is 1. The van der Waals surface area contributed by atoms with Crippen LogP contribution in [0, 0.1) is 11.7 Å². The van der Waals surface area contributed by atoms with Gasteiger partial charge in [0.15, 0.2) is 0 Å². The predicted molar refractivity (Wildman–Crippen MR) is 65.2 cm³/mol. The lowest BCUT2D eigenvalue weighted by atomic mass is 10.0. The van der Waals surface area contributed by atoms with E-state index in [2.05, 4.69) is 12.2 Å². The summed E-state index contributed by atoms with van der Waals surface area (Å²) in [5, 5.41) is 3.96. The van der Waals surface area contributed by atoms with Crippen molar-refractivity contribution in [2.75, 3.05) is 6.54 Å². The van der Waals surface area contributed by atoms with E-state index in [1.807, 2.05) is 0 Å². The van der Waals surface area contributed by atoms with Crippen molar-refractivity contribution in [3.05, 3.63) is 34.6 Å². The Balaban J connectivity index is 2.15. The predicted octanol–water partition coefficient (Wildman–Crippen LogP) is 3.93. The van der Waals surface area contributed by atoms with Gasteiger partial charge in [0.25, 0.3) is 0 Å². The van der Waals surface area contributed by atoms with Crippen LogP contribution in [0.1, 0.15) is 37.8 Å². The Bertz CT molecular complexity index is 363. The molecule has 1 aliphatic carbocycles. The minimum Gasteiger partial charge on any atom is -0.310 e. The maximum atomic E-state index is 13.0. The summed E-state index contributed by atoms with van der Waals surface area (Å²) in [7, 11) is 0. The van der Waals surface area contributed by atoms with Crippen molar-refractivity contribution < 1.29 is 4.39 Å². The van der Waals surface area contributed by atoms with Crippen LogP contribution in [0.15, 0.2) is 18.2 Å². The lowest BCUT2D eigenvalue weighted by Gasteiger charge is -2.19. The zero-order valence-corrected chi connectivity index (χ0v) is 10.2. The van der Waals surface area contributed by atoms with Crippen molar-refractivity contribution in [3.8, 4) is 0 Å². The molecule has 0 saturated heterocycles. The largest absolute Gasteiger partial charge is 0.310 e. The molecule has 1 N–H and O–H groups in total. The molecule has 1 aromatic carbocycles. The lowest BCUT2D eigenvalue weighted by Crippen LogP contribution is -2.21. The van der Waals surface area contributed by atoms with E-state index in [1.54, 1.807) is 6.07 Å². The van der Waals surface area contributed by atoms with Gasteiger partial charge >= 0.3 is 0 Å². The molecule has 88 valence electrons. The van der Waals surface area contributed by atoms with Crippen LogP contribution in [0.2, 0.25) is 5.02 Å². The smallest absolute Gasteiger partial charge is 0.124 e. The van der Waals surface area contributed by atoms with Crippen LogP contribution >= 0.6 is 11.6 Å². The van der Waals surface area contributed by atoms with Crippen molar-refractivity contribution in [1.82, 2.24) is 5.32 Å². The first-order valence-corrected chi connectivity index (χ1v) is 6.26. The summed E-state index contributed by atoms with van der Waals surface area (Å²) in [5.41, 5.74) is 1.02. The first kappa shape index (κ1) is 11.9. The molecule has 0 heterocycles. The second kappa shape index (κ2) is 5.15. The van der Waals surface area contributed by atoms with Crippen molar-refractivity contribution in [3.63, 3.8) is 0 Å². The fraction of sp³-hybridized carbons (Fsp3) is 0.538. The van der Waals surface area contributed by atoms with Gasteiger partial charge < -0.3 is 5.32 Å². The van der Waals surface area contributed by atoms with Gasteiger partial charge in [-0.15, -0.1) is 0 Å². The number of halogens is 2. The monoisotopic (exact) mass is 241 g/mol. The van der Waals surface area contributed by atoms with E-state index >= 15 is 0 Å². The first-order chi connectivity index (χ1) is 7.70. The second-order valence-electron chi connectivity index (χ2n) is 4.46. The van der Waals surface area contributed by atoms with E-state index in [0.29, 0.717) is 5.02 Å². The highest BCUT2D eigenvalue weighted by atomic mass is 35.5. The Morgan fingerprint density at radius 2 is 2.25 bits per heavy atom. The van der Waals surface area contributed by atoms with Gasteiger partial charge in [-0.3, -0.25) is 0 Å². The van der Waals surface area contributed by atoms with Crippen molar-refractivity contribution in [2.24, 2.45) is 5.92 Å². The van der Waals surface area contributed by atoms with Crippen molar-refractivity contribution >= 4 is 11.6 Å². The summed E-state index contributed by atoms with van der Waals surface area (Å²) < 4.78 is 13.0. The molecule has 1 nitrogen and oxygen atoms in total. The number of nitrogens with one attached hydrogen (secondary N) is 1. The molecule has 16 heavy (non-hydrogen) atoms. The standard InChI is InChI=1S/C13H17ClFN/c1-2-16-13(7-9-3-4-9)11-6-5-10(15)8-12(11)14/h5-6,8-9,13,16H,2-4,7H2,1H3. The maximum absolute atomic E-state index is 13.0. The Morgan fingerprint density at radius 3 is 2.81 bits per heavy atom. The molecular weight excluding hydrogens is 225 g/mol. The van der Waals surface area contributed by atoms with Crippen LogP contribution in [0.5, 0.6) is 0 Å². The Morgan fingerprint density at radius 1 is 1.50 bits per heavy atom. The van der Waals surface area contributed by atoms with E-state index < -0.39 is 0 Å². The van der Waals surface area contributed by atoms with E-state index in [0.717, 1.165) is 24.4 Å². The van der Waals surface area contributed by atoms with E-state index in [1.165, 1.54) is 25.0 Å². The normalized spacial score (nSPS) is 17.4. The highest BCUT2D eigenvalue weighted by Crippen LogP contribution is 2.39. The minimum atomic E-state index is -0.268. The minimum absolute atomic E-state index is 0.268. The molecule has 2 rings (SSSR count). The van der Waals surface area contributed by atoms with Gasteiger partial charge in [0, 0.05) is 11.1 Å². The molecule has 0 bridgehead atoms. The second-order valence-corrected chi connectivity index (χ2v) is 4.86. The third-order valence-electron chi connectivity index (χ3n) is 3.05. The Labute approximate surface area is 101 Å². The van der Waals surface area contributed by atoms with Crippen LogP contribution in [0.4, 0.5) is 4.39 Å². The van der Waals surface area contributed by atoms with Crippen molar-refractivity contribution in [1.29, 1.82) is 0 Å². The highest BCUT2D eigenvalue weighted by molar-refractivity contribution is 6.31. The fourth-order valence-electron chi connectivity index (χ4n) is 2.04. The molecule has 1 atom stereocenters. The zero-order chi connectivity index (χ0) is 11.5. The fourth-order valence-corrected chi connectivity index (χ4v) is 2.34. The number of hydrogen-bond donors (Lipinski definition) is 1. The molecule has 1 aromatic rings. The van der Waals surface area contributed by atoms with E-state index in [-0.39, 0.29) is 11.9 Å². The van der Waals surface area contributed by atoms with Gasteiger partial charge in [0.05, 0.1) is 0 Å². The van der Waals surface area contributed by atoms with Crippen molar-refractivity contribution in [2.45, 2.75) is 32.2 Å². The molecule has 0 aromatic heterocycles. The third kappa shape index (κ3) is 2.96. The van der Waals surface area contributed by atoms with Gasteiger partial charge in [0.1, 0.15) is 5.82 Å². The van der Waals surface area contributed by atoms with Gasteiger partial charge in [-0.1, -0.05) is 37.4 Å². The third-order valence-corrected chi connectivity index (χ3v) is 3.38. The van der Waals surface area contributed by atoms with Crippen LogP contribution in [0.25, 0.3) is 0 Å². The molecule has 1 unspecified atom stereocenters. The average molecular weight is 242 g/mol. The molecule has 0 amide bonds. The molecule has 1 saturated carbocycles. The van der Waals surface area contributed by atoms with Gasteiger partial charge in [0.2, 0.25) is 0 Å². The number of rotatable bonds is 5. The summed E-state index contributed by atoms with van der Waals surface area (Å²) in [5.74, 6) is 0.556. The van der Waals surface area contributed by atoms with E-state index in [9.17, 15) is 4.39 Å². The van der Waals surface area contributed by atoms with Crippen LogP contribution < -0.4 is 5.32 Å². The summed E-state index contributed by atoms with van der Waals surface area (Å²) in [6.07, 6.45) is 3.75. The molecule has 0 radical (unpaired) electrons. The molecule has 1 aliphatic rings. The van der Waals surface area contributed by atoms with E-state index in [4.69, 9.17) is 11.6 Å². The van der Waals surface area contributed by atoms with Crippen LogP contribution in [-0.4, -0.2) is 6.54 Å². The average Bonchev–Trinajstić information content (AvgIpc) is 3.01. The zero-order valence-electron chi connectivity index (χ0n) is 9.47. The Kier molecular flexibility index (Phi) is 3.82. The van der Waals surface area contributed by atoms with Crippen LogP contribution in [0.3, 0.4) is 0 Å². The van der Waals surface area contributed by atoms with Gasteiger partial charge in [-0.2, -0.15) is 0 Å². The first-order valence-electron chi connectivity index (χ1n) is 5.89. The summed E-state index contributed by atoms with van der Waals surface area (Å²) in [6.45, 7) is 2.99. The number of benzene rings is 1. The quantitative estimate of drug-likeness (QED) is 0.824. The van der Waals surface area contributed by atoms with Crippen LogP contribution in [-0.2, 0) is 0 Å². The summed E-state index contributed by atoms with van der Waals surface area (Å²) in [6, 6.07) is 4.95. The highest BCUT2D eigenvalue weighted by Gasteiger charge is 2.26. The SMILES string of the molecule is CCNC(CC1CC1)c1ccc(F)cc1Cl. The topological polar surface area (TPSA) is 12.0 Å².